The van der Waals surface area contributed by atoms with Gasteiger partial charge in [-0.15, -0.1) is 0 Å². The number of rotatable bonds is 2. The molecule has 0 radical (unpaired) electrons. The van der Waals surface area contributed by atoms with Crippen LogP contribution in [0.2, 0.25) is 10.0 Å². The van der Waals surface area contributed by atoms with E-state index in [2.05, 4.69) is 5.32 Å². The van der Waals surface area contributed by atoms with Gasteiger partial charge in [0.1, 0.15) is 0 Å². The lowest BCUT2D eigenvalue weighted by Gasteiger charge is -2.09. The van der Waals surface area contributed by atoms with Gasteiger partial charge < -0.3 is 11.1 Å². The topological polar surface area (TPSA) is 55.1 Å². The summed E-state index contributed by atoms with van der Waals surface area (Å²) in [5, 5.41) is 3.72. The second-order valence-corrected chi connectivity index (χ2v) is 4.92. The molecule has 0 aliphatic rings. The Kier molecular flexibility index (Phi) is 3.98. The number of halogens is 2. The van der Waals surface area contributed by atoms with Crippen LogP contribution in [-0.2, 0) is 0 Å². The summed E-state index contributed by atoms with van der Waals surface area (Å²) in [4.78, 5) is 12.1. The Balaban J connectivity index is 2.26. The summed E-state index contributed by atoms with van der Waals surface area (Å²) in [5.74, 6) is -0.235. The highest BCUT2D eigenvalue weighted by molar-refractivity contribution is 6.33. The molecule has 0 aliphatic carbocycles. The maximum atomic E-state index is 12.1. The van der Waals surface area contributed by atoms with Crippen molar-refractivity contribution in [3.63, 3.8) is 0 Å². The Morgan fingerprint density at radius 1 is 1.16 bits per heavy atom. The molecule has 0 heterocycles. The second kappa shape index (κ2) is 5.51. The van der Waals surface area contributed by atoms with Crippen molar-refractivity contribution in [3.8, 4) is 0 Å². The van der Waals surface area contributed by atoms with Gasteiger partial charge >= 0.3 is 0 Å². The molecule has 0 unspecified atom stereocenters. The minimum absolute atomic E-state index is 0.235. The van der Waals surface area contributed by atoms with Crippen LogP contribution in [0.15, 0.2) is 36.4 Å². The molecule has 5 heteroatoms. The smallest absolute Gasteiger partial charge is 0.255 e. The van der Waals surface area contributed by atoms with Crippen LogP contribution < -0.4 is 11.1 Å². The number of amides is 1. The molecule has 0 aromatic heterocycles. The van der Waals surface area contributed by atoms with Gasteiger partial charge in [0.2, 0.25) is 0 Å². The third-order valence-corrected chi connectivity index (χ3v) is 3.51. The van der Waals surface area contributed by atoms with Gasteiger partial charge in [-0.2, -0.15) is 0 Å². The van der Waals surface area contributed by atoms with Crippen molar-refractivity contribution in [1.29, 1.82) is 0 Å². The molecule has 0 saturated carbocycles. The summed E-state index contributed by atoms with van der Waals surface area (Å²) in [7, 11) is 0. The molecule has 1 amide bonds. The minimum atomic E-state index is -0.235. The summed E-state index contributed by atoms with van der Waals surface area (Å²) < 4.78 is 0. The summed E-state index contributed by atoms with van der Waals surface area (Å²) in [6, 6.07) is 10.1. The molecule has 0 spiro atoms. The molecule has 0 aliphatic heterocycles. The van der Waals surface area contributed by atoms with Gasteiger partial charge in [0, 0.05) is 16.3 Å². The van der Waals surface area contributed by atoms with E-state index in [4.69, 9.17) is 28.9 Å². The maximum Gasteiger partial charge on any atom is 0.255 e. The average Bonchev–Trinajstić information content (AvgIpc) is 2.37. The number of hydrogen-bond acceptors (Lipinski definition) is 2. The van der Waals surface area contributed by atoms with E-state index in [0.717, 1.165) is 5.56 Å². The van der Waals surface area contributed by atoms with Gasteiger partial charge in [-0.3, -0.25) is 4.79 Å². The van der Waals surface area contributed by atoms with Gasteiger partial charge in [0.15, 0.2) is 0 Å². The fraction of sp³-hybridized carbons (Fsp3) is 0.0714. The Labute approximate surface area is 121 Å². The van der Waals surface area contributed by atoms with Crippen LogP contribution in [0.1, 0.15) is 15.9 Å². The zero-order chi connectivity index (χ0) is 14.0. The van der Waals surface area contributed by atoms with Gasteiger partial charge in [0.05, 0.1) is 10.7 Å². The van der Waals surface area contributed by atoms with E-state index < -0.39 is 0 Å². The van der Waals surface area contributed by atoms with Gasteiger partial charge in [0.25, 0.3) is 5.91 Å². The Morgan fingerprint density at radius 3 is 2.58 bits per heavy atom. The minimum Gasteiger partial charge on any atom is -0.398 e. The molecule has 0 atom stereocenters. The van der Waals surface area contributed by atoms with Crippen molar-refractivity contribution >= 4 is 40.5 Å². The molecule has 3 N–H and O–H groups in total. The van der Waals surface area contributed by atoms with Crippen LogP contribution in [-0.4, -0.2) is 5.91 Å². The fourth-order valence-electron chi connectivity index (χ4n) is 1.66. The van der Waals surface area contributed by atoms with Gasteiger partial charge in [-0.05, 0) is 42.8 Å². The first kappa shape index (κ1) is 13.7. The molecular weight excluding hydrogens is 283 g/mol. The SMILES string of the molecule is Cc1c(Cl)cccc1C(=O)Nc1ccc(N)c(Cl)c1. The summed E-state index contributed by atoms with van der Waals surface area (Å²) >= 11 is 11.9. The highest BCUT2D eigenvalue weighted by Crippen LogP contribution is 2.24. The number of nitrogens with one attached hydrogen (secondary N) is 1. The zero-order valence-corrected chi connectivity index (χ0v) is 11.7. The summed E-state index contributed by atoms with van der Waals surface area (Å²) in [5.41, 5.74) is 7.94. The first-order chi connectivity index (χ1) is 8.99. The normalized spacial score (nSPS) is 10.3. The fourth-order valence-corrected chi connectivity index (χ4v) is 2.01. The van der Waals surface area contributed by atoms with Crippen molar-refractivity contribution in [3.05, 3.63) is 57.6 Å². The second-order valence-electron chi connectivity index (χ2n) is 4.10. The number of nitrogen functional groups attached to an aromatic ring is 1. The van der Waals surface area contributed by atoms with Crippen LogP contribution in [0.25, 0.3) is 0 Å². The van der Waals surface area contributed by atoms with Crippen molar-refractivity contribution < 1.29 is 4.79 Å². The molecule has 2 aromatic rings. The van der Waals surface area contributed by atoms with Crippen molar-refractivity contribution in [2.75, 3.05) is 11.1 Å². The molecule has 98 valence electrons. The van der Waals surface area contributed by atoms with E-state index in [-0.39, 0.29) is 5.91 Å². The number of carbonyl (C=O) groups is 1. The standard InChI is InChI=1S/C14H12Cl2N2O/c1-8-10(3-2-4-11(8)15)14(19)18-9-5-6-13(17)12(16)7-9/h2-7H,17H2,1H3,(H,18,19). The number of hydrogen-bond donors (Lipinski definition) is 2. The molecule has 2 aromatic carbocycles. The highest BCUT2D eigenvalue weighted by atomic mass is 35.5. The Morgan fingerprint density at radius 2 is 1.89 bits per heavy atom. The molecule has 2 rings (SSSR count). The van der Waals surface area contributed by atoms with Crippen LogP contribution in [0, 0.1) is 6.92 Å². The molecule has 0 bridgehead atoms. The van der Waals surface area contributed by atoms with Gasteiger partial charge in [-0.1, -0.05) is 29.3 Å². The van der Waals surface area contributed by atoms with E-state index in [9.17, 15) is 4.79 Å². The predicted octanol–water partition coefficient (Wildman–Crippen LogP) is 4.14. The lowest BCUT2D eigenvalue weighted by molar-refractivity contribution is 0.102. The van der Waals surface area contributed by atoms with Gasteiger partial charge in [-0.25, -0.2) is 0 Å². The number of anilines is 2. The molecular formula is C14H12Cl2N2O. The maximum absolute atomic E-state index is 12.1. The van der Waals surface area contributed by atoms with E-state index in [0.29, 0.717) is 27.0 Å². The Hall–Kier alpha value is -1.71. The molecule has 3 nitrogen and oxygen atoms in total. The monoisotopic (exact) mass is 294 g/mol. The summed E-state index contributed by atoms with van der Waals surface area (Å²) in [6.45, 7) is 1.80. The van der Waals surface area contributed by atoms with E-state index in [1.807, 2.05) is 0 Å². The largest absolute Gasteiger partial charge is 0.398 e. The van der Waals surface area contributed by atoms with Crippen molar-refractivity contribution in [2.24, 2.45) is 0 Å². The summed E-state index contributed by atoms with van der Waals surface area (Å²) in [6.07, 6.45) is 0. The first-order valence-corrected chi connectivity index (χ1v) is 6.36. The zero-order valence-electron chi connectivity index (χ0n) is 10.2. The average molecular weight is 295 g/mol. The molecule has 19 heavy (non-hydrogen) atoms. The van der Waals surface area contributed by atoms with E-state index in [1.54, 1.807) is 43.3 Å². The van der Waals surface area contributed by atoms with Crippen LogP contribution in [0.4, 0.5) is 11.4 Å². The van der Waals surface area contributed by atoms with Crippen molar-refractivity contribution in [1.82, 2.24) is 0 Å². The van der Waals surface area contributed by atoms with E-state index in [1.165, 1.54) is 0 Å². The lowest BCUT2D eigenvalue weighted by Crippen LogP contribution is -2.13. The van der Waals surface area contributed by atoms with Crippen LogP contribution >= 0.6 is 23.2 Å². The van der Waals surface area contributed by atoms with Crippen molar-refractivity contribution in [2.45, 2.75) is 6.92 Å². The third-order valence-electron chi connectivity index (χ3n) is 2.77. The number of benzene rings is 2. The van der Waals surface area contributed by atoms with Crippen LogP contribution in [0.5, 0.6) is 0 Å². The molecule has 0 saturated heterocycles. The van der Waals surface area contributed by atoms with Crippen LogP contribution in [0.3, 0.4) is 0 Å². The molecule has 0 fully saturated rings. The predicted molar refractivity (Wildman–Crippen MR) is 80.0 cm³/mol. The third kappa shape index (κ3) is 3.00. The lowest BCUT2D eigenvalue weighted by atomic mass is 10.1. The quantitative estimate of drug-likeness (QED) is 0.818. The highest BCUT2D eigenvalue weighted by Gasteiger charge is 2.11. The Bertz CT molecular complexity index is 641. The van der Waals surface area contributed by atoms with E-state index >= 15 is 0 Å². The number of nitrogens with two attached hydrogens (primary N) is 1. The first-order valence-electron chi connectivity index (χ1n) is 5.60. The number of carbonyl (C=O) groups excluding carboxylic acids is 1.